The molecule has 0 saturated heterocycles. The normalized spacial score (nSPS) is 10.2. The van der Waals surface area contributed by atoms with Crippen LogP contribution in [0.1, 0.15) is 10.4 Å². The second-order valence-corrected chi connectivity index (χ2v) is 3.42. The van der Waals surface area contributed by atoms with Crippen molar-refractivity contribution in [2.75, 3.05) is 12.8 Å². The third-order valence-corrected chi connectivity index (χ3v) is 2.56. The van der Waals surface area contributed by atoms with Crippen LogP contribution in [-0.4, -0.2) is 23.7 Å². The lowest BCUT2D eigenvalue weighted by molar-refractivity contribution is 0.0997. The number of aromatic hydroxyl groups is 1. The molecule has 0 aromatic heterocycles. The average molecular weight is 215 g/mol. The number of hydrogen-bond acceptors (Lipinski definition) is 4. The van der Waals surface area contributed by atoms with E-state index in [2.05, 4.69) is 0 Å². The monoisotopic (exact) mass is 215 g/mol. The molecule has 76 valence electrons. The van der Waals surface area contributed by atoms with Crippen molar-refractivity contribution in [2.24, 2.45) is 5.73 Å². The van der Waals surface area contributed by atoms with Gasteiger partial charge in [0.15, 0.2) is 11.6 Å². The molecule has 0 unspecified atom stereocenters. The molecule has 0 aliphatic heterocycles. The number of hydrogen-bond donors (Lipinski definition) is 2. The maximum atomic E-state index is 13.5. The lowest BCUT2D eigenvalue weighted by Gasteiger charge is -2.06. The molecule has 0 heterocycles. The largest absolute Gasteiger partial charge is 0.507 e. The Labute approximate surface area is 85.1 Å². The van der Waals surface area contributed by atoms with Crippen LogP contribution < -0.4 is 5.73 Å². The third-order valence-electron chi connectivity index (χ3n) is 1.77. The molecule has 1 aromatic rings. The van der Waals surface area contributed by atoms with Gasteiger partial charge in [0.1, 0.15) is 5.75 Å². The van der Waals surface area contributed by atoms with Crippen LogP contribution in [0, 0.1) is 5.82 Å². The molecule has 0 aliphatic rings. The highest BCUT2D eigenvalue weighted by Crippen LogP contribution is 2.31. The summed E-state index contributed by atoms with van der Waals surface area (Å²) in [6.07, 6.45) is 1.62. The van der Waals surface area contributed by atoms with Crippen molar-refractivity contribution in [2.45, 2.75) is 4.90 Å². The van der Waals surface area contributed by atoms with Crippen molar-refractivity contribution < 1.29 is 14.3 Å². The number of thioether (sulfide) groups is 1. The van der Waals surface area contributed by atoms with E-state index >= 15 is 0 Å². The molecule has 0 bridgehead atoms. The van der Waals surface area contributed by atoms with E-state index < -0.39 is 11.6 Å². The molecule has 0 fully saturated rings. The summed E-state index contributed by atoms with van der Waals surface area (Å²) in [4.78, 5) is 11.2. The quantitative estimate of drug-likeness (QED) is 0.591. The number of ketones is 1. The van der Waals surface area contributed by atoms with Crippen molar-refractivity contribution in [1.82, 2.24) is 0 Å². The first-order valence-corrected chi connectivity index (χ1v) is 5.13. The van der Waals surface area contributed by atoms with E-state index in [1.165, 1.54) is 12.1 Å². The summed E-state index contributed by atoms with van der Waals surface area (Å²) in [6.45, 7) is -0.241. The molecule has 3 nitrogen and oxygen atoms in total. The Balaban J connectivity index is 3.28. The van der Waals surface area contributed by atoms with E-state index in [4.69, 9.17) is 5.73 Å². The predicted molar refractivity (Wildman–Crippen MR) is 53.2 cm³/mol. The SMILES string of the molecule is CSc1c(O)ccc(C(=O)CN)c1F. The molecule has 5 heteroatoms. The molecular weight excluding hydrogens is 205 g/mol. The highest BCUT2D eigenvalue weighted by atomic mass is 32.2. The van der Waals surface area contributed by atoms with Gasteiger partial charge in [-0.05, 0) is 18.4 Å². The molecule has 3 N–H and O–H groups in total. The van der Waals surface area contributed by atoms with E-state index in [9.17, 15) is 14.3 Å². The summed E-state index contributed by atoms with van der Waals surface area (Å²) in [7, 11) is 0. The first-order chi connectivity index (χ1) is 6.61. The minimum absolute atomic E-state index is 0.0734. The molecule has 0 amide bonds. The van der Waals surface area contributed by atoms with Crippen LogP contribution in [0.15, 0.2) is 17.0 Å². The van der Waals surface area contributed by atoms with E-state index in [1.807, 2.05) is 0 Å². The molecule has 1 rings (SSSR count). The Morgan fingerprint density at radius 1 is 1.64 bits per heavy atom. The average Bonchev–Trinajstić information content (AvgIpc) is 2.18. The number of rotatable bonds is 3. The van der Waals surface area contributed by atoms with Crippen LogP contribution in [0.3, 0.4) is 0 Å². The minimum Gasteiger partial charge on any atom is -0.507 e. The molecule has 0 saturated carbocycles. The summed E-state index contributed by atoms with van der Waals surface area (Å²) in [5.41, 5.74) is 5.04. The maximum Gasteiger partial charge on any atom is 0.179 e. The standard InChI is InChI=1S/C9H10FNO2S/c1-14-9-6(12)3-2-5(8(9)10)7(13)4-11/h2-3,12H,4,11H2,1H3. The predicted octanol–water partition coefficient (Wildman–Crippen LogP) is 1.39. The first kappa shape index (κ1) is 11.0. The molecule has 1 aromatic carbocycles. The van der Waals surface area contributed by atoms with Crippen molar-refractivity contribution in [3.8, 4) is 5.75 Å². The summed E-state index contributed by atoms with van der Waals surface area (Å²) in [5.74, 6) is -1.34. The molecule has 14 heavy (non-hydrogen) atoms. The van der Waals surface area contributed by atoms with E-state index in [-0.39, 0.29) is 22.8 Å². The minimum atomic E-state index is -0.701. The number of halogens is 1. The van der Waals surface area contributed by atoms with Gasteiger partial charge in [0, 0.05) is 0 Å². The first-order valence-electron chi connectivity index (χ1n) is 3.90. The maximum absolute atomic E-state index is 13.5. The van der Waals surface area contributed by atoms with Crippen LogP contribution >= 0.6 is 11.8 Å². The van der Waals surface area contributed by atoms with Crippen LogP contribution in [0.5, 0.6) is 5.75 Å². The fourth-order valence-corrected chi connectivity index (χ4v) is 1.63. The van der Waals surface area contributed by atoms with Crippen LogP contribution in [-0.2, 0) is 0 Å². The Bertz CT molecular complexity index is 368. The van der Waals surface area contributed by atoms with E-state index in [0.29, 0.717) is 0 Å². The van der Waals surface area contributed by atoms with Gasteiger partial charge in [-0.2, -0.15) is 0 Å². The van der Waals surface area contributed by atoms with E-state index in [0.717, 1.165) is 11.8 Å². The fourth-order valence-electron chi connectivity index (χ4n) is 1.07. The lowest BCUT2D eigenvalue weighted by atomic mass is 10.1. The Hall–Kier alpha value is -1.07. The van der Waals surface area contributed by atoms with Gasteiger partial charge in [-0.1, -0.05) is 0 Å². The fraction of sp³-hybridized carbons (Fsp3) is 0.222. The Morgan fingerprint density at radius 3 is 2.79 bits per heavy atom. The number of Topliss-reactive ketones (excluding diaryl/α,β-unsaturated/α-hetero) is 1. The van der Waals surface area contributed by atoms with Crippen LogP contribution in [0.4, 0.5) is 4.39 Å². The second kappa shape index (κ2) is 4.43. The van der Waals surface area contributed by atoms with Gasteiger partial charge in [0.25, 0.3) is 0 Å². The van der Waals surface area contributed by atoms with Gasteiger partial charge in [-0.3, -0.25) is 4.79 Å². The van der Waals surface area contributed by atoms with E-state index in [1.54, 1.807) is 6.26 Å². The number of phenols is 1. The van der Waals surface area contributed by atoms with Gasteiger partial charge in [-0.25, -0.2) is 4.39 Å². The van der Waals surface area contributed by atoms with Crippen molar-refractivity contribution in [3.05, 3.63) is 23.5 Å². The zero-order valence-corrected chi connectivity index (χ0v) is 8.40. The van der Waals surface area contributed by atoms with Crippen molar-refractivity contribution in [1.29, 1.82) is 0 Å². The number of phenolic OH excluding ortho intramolecular Hbond substituents is 1. The highest BCUT2D eigenvalue weighted by Gasteiger charge is 2.16. The summed E-state index contributed by atoms with van der Waals surface area (Å²) >= 11 is 1.05. The number of benzene rings is 1. The Morgan fingerprint density at radius 2 is 2.29 bits per heavy atom. The number of carbonyl (C=O) groups is 1. The second-order valence-electron chi connectivity index (χ2n) is 2.61. The van der Waals surface area contributed by atoms with Crippen LogP contribution in [0.25, 0.3) is 0 Å². The highest BCUT2D eigenvalue weighted by molar-refractivity contribution is 7.98. The summed E-state index contributed by atoms with van der Waals surface area (Å²) < 4.78 is 13.5. The van der Waals surface area contributed by atoms with Crippen LogP contribution in [0.2, 0.25) is 0 Å². The van der Waals surface area contributed by atoms with Crippen molar-refractivity contribution in [3.63, 3.8) is 0 Å². The zero-order valence-electron chi connectivity index (χ0n) is 7.58. The topological polar surface area (TPSA) is 63.3 Å². The molecular formula is C9H10FNO2S. The Kier molecular flexibility index (Phi) is 3.49. The molecule has 0 spiro atoms. The summed E-state index contributed by atoms with van der Waals surface area (Å²) in [5, 5.41) is 9.27. The van der Waals surface area contributed by atoms with Gasteiger partial charge < -0.3 is 10.8 Å². The smallest absolute Gasteiger partial charge is 0.179 e. The molecule has 0 aliphatic carbocycles. The number of nitrogens with two attached hydrogens (primary N) is 1. The van der Waals surface area contributed by atoms with Gasteiger partial charge in [0.05, 0.1) is 17.0 Å². The van der Waals surface area contributed by atoms with Gasteiger partial charge in [0.2, 0.25) is 0 Å². The van der Waals surface area contributed by atoms with Gasteiger partial charge >= 0.3 is 0 Å². The third kappa shape index (κ3) is 1.88. The number of carbonyl (C=O) groups excluding carboxylic acids is 1. The summed E-state index contributed by atoms with van der Waals surface area (Å²) in [6, 6.07) is 2.53. The molecule has 0 radical (unpaired) electrons. The zero-order chi connectivity index (χ0) is 10.7. The molecule has 0 atom stereocenters. The van der Waals surface area contributed by atoms with Gasteiger partial charge in [-0.15, -0.1) is 11.8 Å². The van der Waals surface area contributed by atoms with Crippen molar-refractivity contribution >= 4 is 17.5 Å². The lowest BCUT2D eigenvalue weighted by Crippen LogP contribution is -2.15.